The number of rotatable bonds is 4. The van der Waals surface area contributed by atoms with Gasteiger partial charge >= 0.3 is 0 Å². The SMILES string of the molecule is Cc1cccc(NC(=O)C2CCC3(CC2)N=CN(CC2CC2)C3=O)c1. The van der Waals surface area contributed by atoms with E-state index in [0.29, 0.717) is 18.8 Å². The fraction of sp³-hybridized carbons (Fsp3) is 0.550. The summed E-state index contributed by atoms with van der Waals surface area (Å²) in [4.78, 5) is 31.7. The number of aryl methyl sites for hydroxylation is 1. The summed E-state index contributed by atoms with van der Waals surface area (Å²) in [5.41, 5.74) is 1.38. The quantitative estimate of drug-likeness (QED) is 0.916. The highest BCUT2D eigenvalue weighted by Gasteiger charge is 2.48. The lowest BCUT2D eigenvalue weighted by Crippen LogP contribution is -2.45. The Balaban J connectivity index is 1.34. The van der Waals surface area contributed by atoms with Crippen molar-refractivity contribution in [2.24, 2.45) is 16.8 Å². The zero-order valence-corrected chi connectivity index (χ0v) is 14.7. The minimum Gasteiger partial charge on any atom is -0.326 e. The van der Waals surface area contributed by atoms with Crippen molar-refractivity contribution in [1.29, 1.82) is 0 Å². The topological polar surface area (TPSA) is 61.8 Å². The number of hydrogen-bond donors (Lipinski definition) is 1. The molecule has 2 aliphatic carbocycles. The Bertz CT molecular complexity index is 715. The molecule has 25 heavy (non-hydrogen) atoms. The Labute approximate surface area is 148 Å². The van der Waals surface area contributed by atoms with Gasteiger partial charge in [-0.1, -0.05) is 12.1 Å². The summed E-state index contributed by atoms with van der Waals surface area (Å²) in [7, 11) is 0. The third-order valence-corrected chi connectivity index (χ3v) is 5.72. The first-order chi connectivity index (χ1) is 12.1. The van der Waals surface area contributed by atoms with Gasteiger partial charge < -0.3 is 10.2 Å². The van der Waals surface area contributed by atoms with Crippen LogP contribution in [0.4, 0.5) is 5.69 Å². The van der Waals surface area contributed by atoms with Gasteiger partial charge in [0.25, 0.3) is 5.91 Å². The fourth-order valence-electron chi connectivity index (χ4n) is 3.93. The number of carbonyl (C=O) groups is 2. The molecule has 0 bridgehead atoms. The second-order valence-electron chi connectivity index (χ2n) is 7.81. The van der Waals surface area contributed by atoms with Crippen LogP contribution in [-0.2, 0) is 9.59 Å². The van der Waals surface area contributed by atoms with Gasteiger partial charge in [0, 0.05) is 18.2 Å². The normalized spacial score (nSPS) is 28.6. The zero-order valence-electron chi connectivity index (χ0n) is 14.7. The van der Waals surface area contributed by atoms with Crippen LogP contribution >= 0.6 is 0 Å². The van der Waals surface area contributed by atoms with E-state index in [1.807, 2.05) is 36.1 Å². The van der Waals surface area contributed by atoms with E-state index < -0.39 is 5.54 Å². The molecule has 2 fully saturated rings. The van der Waals surface area contributed by atoms with Crippen molar-refractivity contribution >= 4 is 23.8 Å². The van der Waals surface area contributed by atoms with Crippen LogP contribution in [0.15, 0.2) is 29.3 Å². The van der Waals surface area contributed by atoms with E-state index in [0.717, 1.165) is 30.6 Å². The molecule has 4 rings (SSSR count). The molecule has 132 valence electrons. The number of hydrogen-bond acceptors (Lipinski definition) is 3. The van der Waals surface area contributed by atoms with Gasteiger partial charge in [0.1, 0.15) is 5.54 Å². The molecule has 2 saturated carbocycles. The van der Waals surface area contributed by atoms with E-state index >= 15 is 0 Å². The van der Waals surface area contributed by atoms with Gasteiger partial charge in [-0.3, -0.25) is 14.6 Å². The maximum absolute atomic E-state index is 12.8. The van der Waals surface area contributed by atoms with Crippen molar-refractivity contribution in [3.05, 3.63) is 29.8 Å². The molecule has 1 aromatic carbocycles. The van der Waals surface area contributed by atoms with Gasteiger partial charge in [-0.15, -0.1) is 0 Å². The number of amides is 2. The molecule has 0 saturated heterocycles. The second-order valence-corrected chi connectivity index (χ2v) is 7.81. The third-order valence-electron chi connectivity index (χ3n) is 5.72. The Morgan fingerprint density at radius 1 is 1.28 bits per heavy atom. The molecular formula is C20H25N3O2. The van der Waals surface area contributed by atoms with Crippen molar-refractivity contribution in [3.63, 3.8) is 0 Å². The van der Waals surface area contributed by atoms with Crippen LogP contribution in [0.1, 0.15) is 44.1 Å². The number of benzene rings is 1. The molecule has 2 amide bonds. The minimum absolute atomic E-state index is 0.0355. The highest BCUT2D eigenvalue weighted by atomic mass is 16.2. The molecule has 1 aliphatic heterocycles. The van der Waals surface area contributed by atoms with Gasteiger partial charge in [0.05, 0.1) is 6.34 Å². The van der Waals surface area contributed by atoms with E-state index in [2.05, 4.69) is 10.3 Å². The molecule has 5 nitrogen and oxygen atoms in total. The lowest BCUT2D eigenvalue weighted by Gasteiger charge is -2.33. The van der Waals surface area contributed by atoms with Crippen molar-refractivity contribution in [3.8, 4) is 0 Å². The van der Waals surface area contributed by atoms with Crippen LogP contribution in [0.3, 0.4) is 0 Å². The van der Waals surface area contributed by atoms with Gasteiger partial charge in [-0.05, 0) is 69.1 Å². The molecule has 0 aromatic heterocycles. The number of nitrogens with zero attached hydrogens (tertiary/aromatic N) is 2. The molecule has 3 aliphatic rings. The molecule has 1 aromatic rings. The number of aliphatic imine (C=N–C) groups is 1. The van der Waals surface area contributed by atoms with E-state index in [1.165, 1.54) is 12.8 Å². The highest BCUT2D eigenvalue weighted by molar-refractivity contribution is 6.00. The first kappa shape index (κ1) is 16.3. The standard InChI is InChI=1S/C20H25N3O2/c1-14-3-2-4-17(11-14)22-18(24)16-7-9-20(10-8-16)19(25)23(13-21-20)12-15-5-6-15/h2-4,11,13,15-16H,5-10,12H2,1H3,(H,22,24). The van der Waals surface area contributed by atoms with E-state index in [9.17, 15) is 9.59 Å². The summed E-state index contributed by atoms with van der Waals surface area (Å²) in [6.07, 6.45) is 6.99. The Morgan fingerprint density at radius 3 is 2.72 bits per heavy atom. The first-order valence-electron chi connectivity index (χ1n) is 9.30. The van der Waals surface area contributed by atoms with Crippen molar-refractivity contribution in [2.45, 2.75) is 51.0 Å². The molecular weight excluding hydrogens is 314 g/mol. The number of nitrogens with one attached hydrogen (secondary N) is 1. The van der Waals surface area contributed by atoms with Crippen LogP contribution in [0, 0.1) is 18.8 Å². The Morgan fingerprint density at radius 2 is 2.04 bits per heavy atom. The molecule has 1 N–H and O–H groups in total. The first-order valence-corrected chi connectivity index (χ1v) is 9.30. The van der Waals surface area contributed by atoms with Crippen molar-refractivity contribution < 1.29 is 9.59 Å². The summed E-state index contributed by atoms with van der Waals surface area (Å²) < 4.78 is 0. The maximum Gasteiger partial charge on any atom is 0.255 e. The summed E-state index contributed by atoms with van der Waals surface area (Å²) in [6, 6.07) is 7.84. The lowest BCUT2D eigenvalue weighted by atomic mass is 9.76. The number of carbonyl (C=O) groups excluding carboxylic acids is 2. The highest BCUT2D eigenvalue weighted by Crippen LogP contribution is 2.40. The van der Waals surface area contributed by atoms with Gasteiger partial charge in [-0.2, -0.15) is 0 Å². The summed E-state index contributed by atoms with van der Waals surface area (Å²) in [5.74, 6) is 0.843. The molecule has 0 radical (unpaired) electrons. The summed E-state index contributed by atoms with van der Waals surface area (Å²) >= 11 is 0. The van der Waals surface area contributed by atoms with Gasteiger partial charge in [0.15, 0.2) is 0 Å². The van der Waals surface area contributed by atoms with E-state index in [1.54, 1.807) is 6.34 Å². The molecule has 1 spiro atoms. The smallest absolute Gasteiger partial charge is 0.255 e. The van der Waals surface area contributed by atoms with Crippen molar-refractivity contribution in [1.82, 2.24) is 4.90 Å². The predicted octanol–water partition coefficient (Wildman–Crippen LogP) is 3.14. The van der Waals surface area contributed by atoms with Crippen LogP contribution < -0.4 is 5.32 Å². The Kier molecular flexibility index (Phi) is 4.10. The minimum atomic E-state index is -0.588. The molecule has 5 heteroatoms. The van der Waals surface area contributed by atoms with Gasteiger partial charge in [-0.25, -0.2) is 0 Å². The molecule has 1 heterocycles. The maximum atomic E-state index is 12.8. The summed E-state index contributed by atoms with van der Waals surface area (Å²) in [6.45, 7) is 2.83. The van der Waals surface area contributed by atoms with Crippen LogP contribution in [-0.4, -0.2) is 35.1 Å². The lowest BCUT2D eigenvalue weighted by molar-refractivity contribution is -0.134. The van der Waals surface area contributed by atoms with Crippen LogP contribution in [0.2, 0.25) is 0 Å². The molecule has 0 unspecified atom stereocenters. The third kappa shape index (κ3) is 3.32. The van der Waals surface area contributed by atoms with E-state index in [4.69, 9.17) is 0 Å². The van der Waals surface area contributed by atoms with E-state index in [-0.39, 0.29) is 17.7 Å². The Hall–Kier alpha value is -2.17. The average molecular weight is 339 g/mol. The molecule has 0 atom stereocenters. The average Bonchev–Trinajstić information content (AvgIpc) is 3.37. The van der Waals surface area contributed by atoms with Crippen molar-refractivity contribution in [2.75, 3.05) is 11.9 Å². The zero-order chi connectivity index (χ0) is 17.4. The fourth-order valence-corrected chi connectivity index (χ4v) is 3.93. The largest absolute Gasteiger partial charge is 0.326 e. The second kappa shape index (κ2) is 6.28. The number of anilines is 1. The van der Waals surface area contributed by atoms with Crippen LogP contribution in [0.5, 0.6) is 0 Å². The predicted molar refractivity (Wildman–Crippen MR) is 97.4 cm³/mol. The monoisotopic (exact) mass is 339 g/mol. The van der Waals surface area contributed by atoms with Gasteiger partial charge in [0.2, 0.25) is 5.91 Å². The van der Waals surface area contributed by atoms with Crippen LogP contribution in [0.25, 0.3) is 0 Å². The summed E-state index contributed by atoms with van der Waals surface area (Å²) in [5, 5.41) is 3.01.